The van der Waals surface area contributed by atoms with Crippen molar-refractivity contribution in [2.24, 2.45) is 5.73 Å². The highest BCUT2D eigenvalue weighted by Gasteiger charge is 2.10. The van der Waals surface area contributed by atoms with E-state index in [0.717, 1.165) is 23.1 Å². The highest BCUT2D eigenvalue weighted by molar-refractivity contribution is 5.79. The van der Waals surface area contributed by atoms with Gasteiger partial charge in [-0.3, -0.25) is 9.78 Å². The standard InChI is InChI=1S/C17H21N3O2/c1-20(2)17(22)9-13-7-14(11-19-10-13)15-8-12(5-6-18)3-4-16(15)21/h3-4,7-8,10-11,21H,5-6,9,18H2,1-2H3. The second-order valence-corrected chi connectivity index (χ2v) is 5.44. The minimum Gasteiger partial charge on any atom is -0.507 e. The van der Waals surface area contributed by atoms with E-state index in [2.05, 4.69) is 4.98 Å². The normalized spacial score (nSPS) is 10.5. The van der Waals surface area contributed by atoms with Crippen LogP contribution in [0.2, 0.25) is 0 Å². The van der Waals surface area contributed by atoms with Crippen LogP contribution in [0, 0.1) is 0 Å². The van der Waals surface area contributed by atoms with E-state index in [1.165, 1.54) is 0 Å². The molecule has 2 aromatic rings. The highest BCUT2D eigenvalue weighted by Crippen LogP contribution is 2.30. The first-order valence-electron chi connectivity index (χ1n) is 7.17. The van der Waals surface area contributed by atoms with Crippen LogP contribution in [0.1, 0.15) is 11.1 Å². The number of phenols is 1. The largest absolute Gasteiger partial charge is 0.507 e. The van der Waals surface area contributed by atoms with E-state index < -0.39 is 0 Å². The summed E-state index contributed by atoms with van der Waals surface area (Å²) < 4.78 is 0. The zero-order chi connectivity index (χ0) is 16.1. The van der Waals surface area contributed by atoms with Gasteiger partial charge in [-0.15, -0.1) is 0 Å². The Morgan fingerprint density at radius 3 is 2.68 bits per heavy atom. The monoisotopic (exact) mass is 299 g/mol. The maximum atomic E-state index is 11.8. The average molecular weight is 299 g/mol. The maximum Gasteiger partial charge on any atom is 0.226 e. The lowest BCUT2D eigenvalue weighted by atomic mass is 10.00. The molecule has 0 aliphatic heterocycles. The summed E-state index contributed by atoms with van der Waals surface area (Å²) >= 11 is 0. The molecule has 2 rings (SSSR count). The fourth-order valence-electron chi connectivity index (χ4n) is 2.20. The lowest BCUT2D eigenvalue weighted by Gasteiger charge is -2.11. The molecule has 0 saturated carbocycles. The molecule has 0 aliphatic rings. The number of phenolic OH excluding ortho intramolecular Hbond substituents is 1. The molecule has 0 unspecified atom stereocenters. The zero-order valence-electron chi connectivity index (χ0n) is 12.9. The summed E-state index contributed by atoms with van der Waals surface area (Å²) in [7, 11) is 3.45. The summed E-state index contributed by atoms with van der Waals surface area (Å²) in [4.78, 5) is 17.5. The number of hydrogen-bond acceptors (Lipinski definition) is 4. The molecule has 1 amide bonds. The number of amides is 1. The molecule has 0 bridgehead atoms. The van der Waals surface area contributed by atoms with Crippen LogP contribution in [0.5, 0.6) is 5.75 Å². The van der Waals surface area contributed by atoms with E-state index in [4.69, 9.17) is 5.73 Å². The van der Waals surface area contributed by atoms with Crippen LogP contribution in [0.4, 0.5) is 0 Å². The van der Waals surface area contributed by atoms with Gasteiger partial charge in [0, 0.05) is 37.6 Å². The molecule has 0 fully saturated rings. The molecule has 5 heteroatoms. The number of pyridine rings is 1. The van der Waals surface area contributed by atoms with Gasteiger partial charge in [-0.2, -0.15) is 0 Å². The third kappa shape index (κ3) is 3.83. The van der Waals surface area contributed by atoms with Gasteiger partial charge in [0.05, 0.1) is 6.42 Å². The molecule has 3 N–H and O–H groups in total. The summed E-state index contributed by atoms with van der Waals surface area (Å²) in [6.45, 7) is 0.555. The summed E-state index contributed by atoms with van der Waals surface area (Å²) in [6, 6.07) is 7.32. The molecule has 0 atom stereocenters. The second kappa shape index (κ2) is 7.04. The topological polar surface area (TPSA) is 79.5 Å². The van der Waals surface area contributed by atoms with E-state index in [9.17, 15) is 9.90 Å². The van der Waals surface area contributed by atoms with Gasteiger partial charge in [-0.25, -0.2) is 0 Å². The molecular formula is C17H21N3O2. The fraction of sp³-hybridized carbons (Fsp3) is 0.294. The van der Waals surface area contributed by atoms with Gasteiger partial charge in [-0.05, 0) is 42.3 Å². The molecule has 22 heavy (non-hydrogen) atoms. The van der Waals surface area contributed by atoms with Crippen molar-refractivity contribution in [2.75, 3.05) is 20.6 Å². The van der Waals surface area contributed by atoms with Crippen LogP contribution >= 0.6 is 0 Å². The van der Waals surface area contributed by atoms with Crippen molar-refractivity contribution in [2.45, 2.75) is 12.8 Å². The van der Waals surface area contributed by atoms with Gasteiger partial charge in [-0.1, -0.05) is 6.07 Å². The predicted octanol–water partition coefficient (Wildman–Crippen LogP) is 1.59. The first-order chi connectivity index (χ1) is 10.5. The number of aromatic hydroxyl groups is 1. The van der Waals surface area contributed by atoms with Gasteiger partial charge in [0.1, 0.15) is 5.75 Å². The number of rotatable bonds is 5. The lowest BCUT2D eigenvalue weighted by molar-refractivity contribution is -0.127. The Morgan fingerprint density at radius 1 is 1.23 bits per heavy atom. The molecule has 0 saturated heterocycles. The summed E-state index contributed by atoms with van der Waals surface area (Å²) in [5.74, 6) is 0.207. The molecule has 1 heterocycles. The molecule has 116 valence electrons. The van der Waals surface area contributed by atoms with Crippen LogP contribution in [0.25, 0.3) is 11.1 Å². The number of likely N-dealkylation sites (N-methyl/N-ethyl adjacent to an activating group) is 1. The van der Waals surface area contributed by atoms with Gasteiger partial charge in [0.25, 0.3) is 0 Å². The first-order valence-corrected chi connectivity index (χ1v) is 7.17. The number of carbonyl (C=O) groups excluding carboxylic acids is 1. The minimum atomic E-state index is 0.0139. The van der Waals surface area contributed by atoms with Crippen molar-refractivity contribution >= 4 is 5.91 Å². The molecule has 5 nitrogen and oxygen atoms in total. The summed E-state index contributed by atoms with van der Waals surface area (Å²) in [6.07, 6.45) is 4.40. The van der Waals surface area contributed by atoms with E-state index in [1.54, 1.807) is 37.5 Å². The number of nitrogens with zero attached hydrogens (tertiary/aromatic N) is 2. The van der Waals surface area contributed by atoms with E-state index in [1.807, 2.05) is 18.2 Å². The van der Waals surface area contributed by atoms with Crippen molar-refractivity contribution in [1.82, 2.24) is 9.88 Å². The fourth-order valence-corrected chi connectivity index (χ4v) is 2.20. The van der Waals surface area contributed by atoms with Crippen LogP contribution in [-0.2, 0) is 17.6 Å². The van der Waals surface area contributed by atoms with Crippen LogP contribution in [-0.4, -0.2) is 41.5 Å². The number of carbonyl (C=O) groups is 1. The molecule has 0 spiro atoms. The highest BCUT2D eigenvalue weighted by atomic mass is 16.3. The van der Waals surface area contributed by atoms with Crippen LogP contribution in [0.15, 0.2) is 36.7 Å². The molecule has 0 aliphatic carbocycles. The summed E-state index contributed by atoms with van der Waals surface area (Å²) in [5.41, 5.74) is 8.96. The van der Waals surface area contributed by atoms with E-state index in [-0.39, 0.29) is 18.1 Å². The lowest BCUT2D eigenvalue weighted by Crippen LogP contribution is -2.23. The Bertz CT molecular complexity index is 669. The smallest absolute Gasteiger partial charge is 0.226 e. The van der Waals surface area contributed by atoms with Gasteiger partial charge in [0.2, 0.25) is 5.91 Å². The van der Waals surface area contributed by atoms with Gasteiger partial charge >= 0.3 is 0 Å². The quantitative estimate of drug-likeness (QED) is 0.878. The van der Waals surface area contributed by atoms with Gasteiger partial charge < -0.3 is 15.7 Å². The van der Waals surface area contributed by atoms with Crippen molar-refractivity contribution in [3.8, 4) is 16.9 Å². The van der Waals surface area contributed by atoms with E-state index >= 15 is 0 Å². The third-order valence-corrected chi connectivity index (χ3v) is 3.45. The molecule has 0 radical (unpaired) electrons. The minimum absolute atomic E-state index is 0.0139. The third-order valence-electron chi connectivity index (χ3n) is 3.45. The molecular weight excluding hydrogens is 278 g/mol. The van der Waals surface area contributed by atoms with Crippen molar-refractivity contribution in [1.29, 1.82) is 0 Å². The zero-order valence-corrected chi connectivity index (χ0v) is 12.9. The van der Waals surface area contributed by atoms with Crippen molar-refractivity contribution in [3.63, 3.8) is 0 Å². The van der Waals surface area contributed by atoms with Gasteiger partial charge in [0.15, 0.2) is 0 Å². The van der Waals surface area contributed by atoms with Crippen LogP contribution < -0.4 is 5.73 Å². The number of hydrogen-bond donors (Lipinski definition) is 2. The number of benzene rings is 1. The Kier molecular flexibility index (Phi) is 5.12. The second-order valence-electron chi connectivity index (χ2n) is 5.44. The Hall–Kier alpha value is -2.40. The Labute approximate surface area is 130 Å². The molecule has 1 aromatic heterocycles. The van der Waals surface area contributed by atoms with E-state index in [0.29, 0.717) is 12.1 Å². The number of nitrogens with two attached hydrogens (primary N) is 1. The number of aromatic nitrogens is 1. The van der Waals surface area contributed by atoms with Crippen LogP contribution in [0.3, 0.4) is 0 Å². The predicted molar refractivity (Wildman–Crippen MR) is 86.5 cm³/mol. The van der Waals surface area contributed by atoms with Crippen molar-refractivity contribution in [3.05, 3.63) is 47.8 Å². The maximum absolute atomic E-state index is 11.8. The molecule has 1 aromatic carbocycles. The van der Waals surface area contributed by atoms with Crippen molar-refractivity contribution < 1.29 is 9.90 Å². The first kappa shape index (κ1) is 16.0. The SMILES string of the molecule is CN(C)C(=O)Cc1cncc(-c2cc(CCN)ccc2O)c1. The average Bonchev–Trinajstić information content (AvgIpc) is 2.49. The Morgan fingerprint density at radius 2 is 2.00 bits per heavy atom. The summed E-state index contributed by atoms with van der Waals surface area (Å²) in [5, 5.41) is 10.1. The Balaban J connectivity index is 2.33.